The van der Waals surface area contributed by atoms with E-state index in [9.17, 15) is 14.4 Å². The SMILES string of the molecule is Nc1ccccc1C(=O)NCCNC(=O)[C@H]1Cc2ccccc2C(=O)O1. The zero-order chi connectivity index (χ0) is 18.5. The molecule has 0 aromatic heterocycles. The number of hydrogen-bond acceptors (Lipinski definition) is 5. The third-order valence-corrected chi connectivity index (χ3v) is 4.10. The molecule has 0 saturated heterocycles. The van der Waals surface area contributed by atoms with Gasteiger partial charge >= 0.3 is 5.97 Å². The van der Waals surface area contributed by atoms with E-state index in [0.717, 1.165) is 5.56 Å². The van der Waals surface area contributed by atoms with E-state index in [1.54, 1.807) is 42.5 Å². The van der Waals surface area contributed by atoms with Crippen LogP contribution in [0.1, 0.15) is 26.3 Å². The average molecular weight is 353 g/mol. The molecule has 134 valence electrons. The Labute approximate surface area is 150 Å². The molecule has 26 heavy (non-hydrogen) atoms. The molecule has 1 atom stereocenters. The monoisotopic (exact) mass is 353 g/mol. The molecule has 7 nitrogen and oxygen atoms in total. The topological polar surface area (TPSA) is 111 Å². The maximum atomic E-state index is 12.2. The number of benzene rings is 2. The van der Waals surface area contributed by atoms with Gasteiger partial charge in [0, 0.05) is 25.2 Å². The minimum atomic E-state index is -0.863. The van der Waals surface area contributed by atoms with E-state index >= 15 is 0 Å². The Bertz CT molecular complexity index is 850. The van der Waals surface area contributed by atoms with Gasteiger partial charge in [0.05, 0.1) is 11.1 Å². The second-order valence-corrected chi connectivity index (χ2v) is 5.89. The van der Waals surface area contributed by atoms with Crippen LogP contribution in [0.4, 0.5) is 5.69 Å². The third kappa shape index (κ3) is 3.83. The molecule has 7 heteroatoms. The normalized spacial score (nSPS) is 15.5. The number of nitrogens with two attached hydrogens (primary N) is 1. The van der Waals surface area contributed by atoms with Crippen molar-refractivity contribution < 1.29 is 19.1 Å². The Kier molecular flexibility index (Phi) is 5.17. The molecule has 0 aliphatic carbocycles. The van der Waals surface area contributed by atoms with E-state index in [4.69, 9.17) is 10.5 Å². The van der Waals surface area contributed by atoms with Crippen LogP contribution >= 0.6 is 0 Å². The molecule has 4 N–H and O–H groups in total. The predicted octanol–water partition coefficient (Wildman–Crippen LogP) is 0.896. The molecule has 1 heterocycles. The van der Waals surface area contributed by atoms with Crippen molar-refractivity contribution in [1.82, 2.24) is 10.6 Å². The number of hydrogen-bond donors (Lipinski definition) is 3. The number of rotatable bonds is 5. The highest BCUT2D eigenvalue weighted by molar-refractivity contribution is 5.99. The fourth-order valence-electron chi connectivity index (χ4n) is 2.75. The first-order valence-electron chi connectivity index (χ1n) is 8.25. The van der Waals surface area contributed by atoms with Gasteiger partial charge in [-0.1, -0.05) is 30.3 Å². The number of para-hydroxylation sites is 1. The average Bonchev–Trinajstić information content (AvgIpc) is 2.65. The van der Waals surface area contributed by atoms with Crippen LogP contribution < -0.4 is 16.4 Å². The van der Waals surface area contributed by atoms with Gasteiger partial charge in [0.15, 0.2) is 6.10 Å². The van der Waals surface area contributed by atoms with Gasteiger partial charge in [0.2, 0.25) is 0 Å². The lowest BCUT2D eigenvalue weighted by Crippen LogP contribution is -2.44. The summed E-state index contributed by atoms with van der Waals surface area (Å²) in [5.41, 5.74) is 7.80. The van der Waals surface area contributed by atoms with Gasteiger partial charge in [-0.05, 0) is 23.8 Å². The number of fused-ring (bicyclic) bond motifs is 1. The maximum absolute atomic E-state index is 12.2. The number of anilines is 1. The van der Waals surface area contributed by atoms with Crippen LogP contribution in [0, 0.1) is 0 Å². The highest BCUT2D eigenvalue weighted by Gasteiger charge is 2.30. The lowest BCUT2D eigenvalue weighted by molar-refractivity contribution is -0.130. The summed E-state index contributed by atoms with van der Waals surface area (Å²) in [6.07, 6.45) is -0.529. The molecule has 0 fully saturated rings. The summed E-state index contributed by atoms with van der Waals surface area (Å²) < 4.78 is 5.18. The molecule has 0 radical (unpaired) electrons. The number of esters is 1. The van der Waals surface area contributed by atoms with E-state index in [-0.39, 0.29) is 24.9 Å². The quantitative estimate of drug-likeness (QED) is 0.420. The summed E-state index contributed by atoms with van der Waals surface area (Å²) in [5.74, 6) is -1.20. The number of carbonyl (C=O) groups excluding carboxylic acids is 3. The fraction of sp³-hybridized carbons (Fsp3) is 0.211. The van der Waals surface area contributed by atoms with Crippen molar-refractivity contribution in [2.24, 2.45) is 0 Å². The Balaban J connectivity index is 1.47. The van der Waals surface area contributed by atoms with Crippen LogP contribution in [0.15, 0.2) is 48.5 Å². The van der Waals surface area contributed by atoms with Crippen molar-refractivity contribution in [2.75, 3.05) is 18.8 Å². The first-order chi connectivity index (χ1) is 12.6. The van der Waals surface area contributed by atoms with E-state index in [1.807, 2.05) is 6.07 Å². The number of amides is 2. The van der Waals surface area contributed by atoms with E-state index < -0.39 is 12.1 Å². The van der Waals surface area contributed by atoms with Crippen molar-refractivity contribution in [2.45, 2.75) is 12.5 Å². The zero-order valence-corrected chi connectivity index (χ0v) is 14.0. The number of nitrogen functional groups attached to an aromatic ring is 1. The third-order valence-electron chi connectivity index (χ3n) is 4.10. The highest BCUT2D eigenvalue weighted by Crippen LogP contribution is 2.20. The largest absolute Gasteiger partial charge is 0.448 e. The van der Waals surface area contributed by atoms with Crippen molar-refractivity contribution >= 4 is 23.5 Å². The molecule has 2 aromatic carbocycles. The number of nitrogens with one attached hydrogen (secondary N) is 2. The molecule has 2 amide bonds. The minimum absolute atomic E-state index is 0.215. The Hall–Kier alpha value is -3.35. The van der Waals surface area contributed by atoms with Crippen molar-refractivity contribution in [1.29, 1.82) is 0 Å². The van der Waals surface area contributed by atoms with E-state index in [0.29, 0.717) is 23.2 Å². The predicted molar refractivity (Wildman–Crippen MR) is 95.5 cm³/mol. The summed E-state index contributed by atoms with van der Waals surface area (Å²) in [7, 11) is 0. The molecule has 0 spiro atoms. The van der Waals surface area contributed by atoms with E-state index in [1.165, 1.54) is 0 Å². The van der Waals surface area contributed by atoms with Crippen LogP contribution in [0.25, 0.3) is 0 Å². The molecular formula is C19H19N3O4. The Morgan fingerprint density at radius 3 is 2.54 bits per heavy atom. The summed E-state index contributed by atoms with van der Waals surface area (Å²) in [6, 6.07) is 13.8. The van der Waals surface area contributed by atoms with Crippen molar-refractivity contribution in [3.63, 3.8) is 0 Å². The Morgan fingerprint density at radius 2 is 1.73 bits per heavy atom. The van der Waals surface area contributed by atoms with Gasteiger partial charge < -0.3 is 21.1 Å². The maximum Gasteiger partial charge on any atom is 0.339 e. The number of cyclic esters (lactones) is 1. The lowest BCUT2D eigenvalue weighted by Gasteiger charge is -2.23. The first-order valence-corrected chi connectivity index (χ1v) is 8.25. The molecule has 1 aliphatic rings. The summed E-state index contributed by atoms with van der Waals surface area (Å²) in [5, 5.41) is 5.34. The molecule has 0 bridgehead atoms. The van der Waals surface area contributed by atoms with Gasteiger partial charge in [-0.15, -0.1) is 0 Å². The number of carbonyl (C=O) groups is 3. The van der Waals surface area contributed by atoms with Crippen molar-refractivity contribution in [3.05, 3.63) is 65.2 Å². The van der Waals surface area contributed by atoms with E-state index in [2.05, 4.69) is 10.6 Å². The van der Waals surface area contributed by atoms with Crippen LogP contribution in [0.3, 0.4) is 0 Å². The molecule has 1 aliphatic heterocycles. The first kappa shape index (κ1) is 17.5. The van der Waals surface area contributed by atoms with Gasteiger partial charge in [0.25, 0.3) is 11.8 Å². The summed E-state index contributed by atoms with van der Waals surface area (Å²) >= 11 is 0. The summed E-state index contributed by atoms with van der Waals surface area (Å²) in [4.78, 5) is 36.2. The minimum Gasteiger partial charge on any atom is -0.448 e. The molecule has 3 rings (SSSR count). The Morgan fingerprint density at radius 1 is 1.04 bits per heavy atom. The van der Waals surface area contributed by atoms with Gasteiger partial charge in [-0.25, -0.2) is 4.79 Å². The standard InChI is InChI=1S/C19H19N3O4/c20-15-8-4-3-7-14(15)17(23)21-9-10-22-18(24)16-11-12-5-1-2-6-13(12)19(25)26-16/h1-8,16H,9-11,20H2,(H,21,23)(H,22,24)/t16-/m1/s1. The number of ether oxygens (including phenoxy) is 1. The molecule has 2 aromatic rings. The summed E-state index contributed by atoms with van der Waals surface area (Å²) in [6.45, 7) is 0.448. The fourth-order valence-corrected chi connectivity index (χ4v) is 2.75. The molecule has 0 unspecified atom stereocenters. The highest BCUT2D eigenvalue weighted by atomic mass is 16.5. The van der Waals surface area contributed by atoms with Gasteiger partial charge in [-0.3, -0.25) is 9.59 Å². The smallest absolute Gasteiger partial charge is 0.339 e. The van der Waals surface area contributed by atoms with Gasteiger partial charge in [-0.2, -0.15) is 0 Å². The van der Waals surface area contributed by atoms with Crippen LogP contribution in [-0.2, 0) is 16.0 Å². The van der Waals surface area contributed by atoms with Crippen LogP contribution in [-0.4, -0.2) is 37.0 Å². The van der Waals surface area contributed by atoms with Crippen molar-refractivity contribution in [3.8, 4) is 0 Å². The second-order valence-electron chi connectivity index (χ2n) is 5.89. The zero-order valence-electron chi connectivity index (χ0n) is 14.0. The molecular weight excluding hydrogens is 334 g/mol. The van der Waals surface area contributed by atoms with Crippen LogP contribution in [0.2, 0.25) is 0 Å². The second kappa shape index (κ2) is 7.69. The van der Waals surface area contributed by atoms with Crippen LogP contribution in [0.5, 0.6) is 0 Å². The lowest BCUT2D eigenvalue weighted by atomic mass is 9.98. The molecule has 0 saturated carbocycles. The van der Waals surface area contributed by atoms with Gasteiger partial charge in [0.1, 0.15) is 0 Å².